The van der Waals surface area contributed by atoms with Crippen molar-refractivity contribution in [3.63, 3.8) is 0 Å². The average Bonchev–Trinajstić information content (AvgIpc) is 3.04. The fourth-order valence-corrected chi connectivity index (χ4v) is 4.66. The molecule has 1 aromatic heterocycles. The van der Waals surface area contributed by atoms with Crippen LogP contribution in [-0.2, 0) is 21.2 Å². The summed E-state index contributed by atoms with van der Waals surface area (Å²) in [7, 11) is -3.82. The van der Waals surface area contributed by atoms with Gasteiger partial charge in [0, 0.05) is 26.3 Å². The number of nitrogens with two attached hydrogens (primary N) is 1. The molecule has 186 valence electrons. The number of alkyl halides is 5. The number of benzene rings is 1. The Morgan fingerprint density at radius 2 is 1.94 bits per heavy atom. The minimum absolute atomic E-state index is 0.124. The Morgan fingerprint density at radius 3 is 2.50 bits per heavy atom. The first-order valence-corrected chi connectivity index (χ1v) is 11.5. The van der Waals surface area contributed by atoms with Gasteiger partial charge >= 0.3 is 12.2 Å². The quantitative estimate of drug-likeness (QED) is 0.335. The zero-order chi connectivity index (χ0) is 25.3. The third-order valence-electron chi connectivity index (χ3n) is 5.78. The third kappa shape index (κ3) is 4.20. The summed E-state index contributed by atoms with van der Waals surface area (Å²) in [6, 6.07) is 2.77. The Labute approximate surface area is 189 Å². The lowest BCUT2D eigenvalue weighted by Crippen LogP contribution is -2.38. The summed E-state index contributed by atoms with van der Waals surface area (Å²) in [4.78, 5) is 22.2. The number of likely N-dealkylation sites (tertiary alicyclic amines) is 1. The molecule has 4 rings (SSSR count). The summed E-state index contributed by atoms with van der Waals surface area (Å²) in [6.07, 6.45) is -3.85. The number of hydrogen-bond donors (Lipinski definition) is 2. The molecule has 1 aliphatic heterocycles. The van der Waals surface area contributed by atoms with Gasteiger partial charge in [-0.1, -0.05) is 10.6 Å². The van der Waals surface area contributed by atoms with Gasteiger partial charge in [-0.2, -0.15) is 26.9 Å². The molecule has 3 N–H and O–H groups in total. The van der Waals surface area contributed by atoms with Gasteiger partial charge in [-0.15, -0.1) is 0 Å². The normalized spacial score (nSPS) is 24.8. The Balaban J connectivity index is 1.65. The average molecular weight is 511 g/mol. The Bertz CT molecular complexity index is 1260. The maximum absolute atomic E-state index is 13.5. The van der Waals surface area contributed by atoms with E-state index < -0.39 is 56.1 Å². The molecule has 1 aliphatic carbocycles. The number of aromatic nitrogens is 2. The Morgan fingerprint density at radius 1 is 1.26 bits per heavy atom. The van der Waals surface area contributed by atoms with Gasteiger partial charge in [0.25, 0.3) is 5.91 Å². The first-order valence-electron chi connectivity index (χ1n) is 9.61. The topological polar surface area (TPSA) is 141 Å². The maximum Gasteiger partial charge on any atom is 0.489 e. The van der Waals surface area contributed by atoms with Gasteiger partial charge < -0.3 is 20.0 Å². The van der Waals surface area contributed by atoms with Crippen molar-refractivity contribution in [3.8, 4) is 5.75 Å². The number of nitrogens with one attached hydrogen (secondary N) is 1. The lowest BCUT2D eigenvalue weighted by molar-refractivity contribution is -0.210. The molecular formula is C18H18F5N5O5S. The number of nitrogens with zero attached hydrogens (tertiary/aromatic N) is 3. The Kier molecular flexibility index (Phi) is 5.23. The lowest BCUT2D eigenvalue weighted by Gasteiger charge is -2.22. The van der Waals surface area contributed by atoms with E-state index in [0.717, 1.165) is 34.8 Å². The van der Waals surface area contributed by atoms with Gasteiger partial charge in [0.1, 0.15) is 0 Å². The first-order chi connectivity index (χ1) is 15.5. The summed E-state index contributed by atoms with van der Waals surface area (Å²) in [5, 5.41) is 3.27. The van der Waals surface area contributed by atoms with Gasteiger partial charge in [-0.3, -0.25) is 4.79 Å². The molecule has 2 aliphatic rings. The predicted molar refractivity (Wildman–Crippen MR) is 102 cm³/mol. The zero-order valence-corrected chi connectivity index (χ0v) is 18.4. The van der Waals surface area contributed by atoms with Gasteiger partial charge in [0.2, 0.25) is 11.7 Å². The summed E-state index contributed by atoms with van der Waals surface area (Å²) in [5.74, 6) is -5.89. The number of carbonyl (C=O) groups is 1. The number of carbonyl (C=O) groups excluding carboxylic acids is 1. The van der Waals surface area contributed by atoms with E-state index in [-0.39, 0.29) is 30.3 Å². The number of sulfone groups is 1. The molecule has 1 saturated carbocycles. The number of halogens is 5. The molecule has 0 bridgehead atoms. The number of piperidine rings is 1. The maximum atomic E-state index is 13.5. The van der Waals surface area contributed by atoms with Crippen LogP contribution in [0.1, 0.15) is 35.4 Å². The highest BCUT2D eigenvalue weighted by atomic mass is 32.2. The van der Waals surface area contributed by atoms with Crippen molar-refractivity contribution in [2.45, 2.75) is 41.4 Å². The highest BCUT2D eigenvalue weighted by Gasteiger charge is 2.75. The van der Waals surface area contributed by atoms with E-state index in [0.29, 0.717) is 6.92 Å². The van der Waals surface area contributed by atoms with Crippen molar-refractivity contribution < 1.29 is 44.5 Å². The number of rotatable bonds is 6. The summed E-state index contributed by atoms with van der Waals surface area (Å²) >= 11 is 0. The molecule has 16 heteroatoms. The second-order valence-corrected chi connectivity index (χ2v) is 10.5. The zero-order valence-electron chi connectivity index (χ0n) is 17.6. The minimum Gasteiger partial charge on any atom is -0.400 e. The van der Waals surface area contributed by atoms with Crippen molar-refractivity contribution in [1.29, 1.82) is 0 Å². The second kappa shape index (κ2) is 7.32. The minimum atomic E-state index is -4.95. The molecule has 2 atom stereocenters. The van der Waals surface area contributed by atoms with Crippen LogP contribution in [0.3, 0.4) is 0 Å². The monoisotopic (exact) mass is 511 g/mol. The number of amides is 1. The summed E-state index contributed by atoms with van der Waals surface area (Å²) in [6.45, 7) is 0.285. The van der Waals surface area contributed by atoms with Gasteiger partial charge in [0.05, 0.1) is 21.4 Å². The molecule has 0 spiro atoms. The molecule has 2 heterocycles. The van der Waals surface area contributed by atoms with Crippen LogP contribution in [0.25, 0.3) is 0 Å². The number of hydrogen-bond acceptors (Lipinski definition) is 9. The van der Waals surface area contributed by atoms with E-state index >= 15 is 0 Å². The predicted octanol–water partition coefficient (Wildman–Crippen LogP) is 1.48. The molecule has 2 aromatic rings. The van der Waals surface area contributed by atoms with Crippen LogP contribution >= 0.6 is 0 Å². The molecule has 10 nitrogen and oxygen atoms in total. The van der Waals surface area contributed by atoms with Crippen LogP contribution in [-0.4, -0.2) is 60.5 Å². The fraction of sp³-hybridized carbons (Fsp3) is 0.500. The fourth-order valence-electron chi connectivity index (χ4n) is 4.01. The van der Waals surface area contributed by atoms with E-state index in [2.05, 4.69) is 15.0 Å². The number of fused-ring (bicyclic) bond motifs is 1. The van der Waals surface area contributed by atoms with Gasteiger partial charge in [-0.05, 0) is 24.6 Å². The molecule has 2 unspecified atom stereocenters. The number of hydroxylamine groups is 1. The highest BCUT2D eigenvalue weighted by molar-refractivity contribution is 7.90. The molecule has 1 saturated heterocycles. The van der Waals surface area contributed by atoms with Crippen LogP contribution in [0.5, 0.6) is 5.75 Å². The molecular weight excluding hydrogens is 493 g/mol. The molecule has 1 aromatic carbocycles. The standard InChI is InChI=1S/C18H18F5N5O5S/c1-15(19,20)13-25-14(33-26-13)16-6-17(16,24)8-28(7-16)12(29)10-5-9(34(2,30)31)3-4-11(10)32-27-18(21,22)23/h3-5,27H,6-8,24H2,1-2H3. The molecule has 0 radical (unpaired) electrons. The Hall–Kier alpha value is -2.85. The van der Waals surface area contributed by atoms with E-state index in [4.69, 9.17) is 10.3 Å². The van der Waals surface area contributed by atoms with Crippen LogP contribution in [0.2, 0.25) is 0 Å². The van der Waals surface area contributed by atoms with Crippen molar-refractivity contribution >= 4 is 15.7 Å². The molecule has 1 amide bonds. The highest BCUT2D eigenvalue weighted by Crippen LogP contribution is 2.60. The first kappa shape index (κ1) is 24.3. The summed E-state index contributed by atoms with van der Waals surface area (Å²) < 4.78 is 93.5. The van der Waals surface area contributed by atoms with Crippen LogP contribution in [0, 0.1) is 0 Å². The van der Waals surface area contributed by atoms with Crippen molar-refractivity contribution in [1.82, 2.24) is 20.5 Å². The SMILES string of the molecule is CC(F)(F)c1noc(C23CN(C(=O)c4cc(S(C)(=O)=O)ccc4ONC(F)(F)F)CC2(N)C3)n1. The molecule has 2 fully saturated rings. The van der Waals surface area contributed by atoms with Crippen molar-refractivity contribution in [3.05, 3.63) is 35.5 Å². The van der Waals surface area contributed by atoms with E-state index in [1.165, 1.54) is 0 Å². The van der Waals surface area contributed by atoms with E-state index in [1.54, 1.807) is 0 Å². The lowest BCUT2D eigenvalue weighted by atomic mass is 10.0. The van der Waals surface area contributed by atoms with Crippen LogP contribution in [0.4, 0.5) is 22.0 Å². The van der Waals surface area contributed by atoms with Crippen molar-refractivity contribution in [2.24, 2.45) is 5.73 Å². The third-order valence-corrected chi connectivity index (χ3v) is 6.89. The summed E-state index contributed by atoms with van der Waals surface area (Å²) in [5.41, 5.74) is 4.40. The smallest absolute Gasteiger partial charge is 0.400 e. The van der Waals surface area contributed by atoms with Gasteiger partial charge in [0.15, 0.2) is 15.6 Å². The van der Waals surface area contributed by atoms with E-state index in [9.17, 15) is 35.2 Å². The molecule has 34 heavy (non-hydrogen) atoms. The van der Waals surface area contributed by atoms with Crippen molar-refractivity contribution in [2.75, 3.05) is 19.3 Å². The second-order valence-electron chi connectivity index (χ2n) is 8.52. The van der Waals surface area contributed by atoms with E-state index in [1.807, 2.05) is 0 Å². The van der Waals surface area contributed by atoms with Crippen LogP contribution < -0.4 is 16.1 Å². The van der Waals surface area contributed by atoms with Gasteiger partial charge in [-0.25, -0.2) is 8.42 Å². The largest absolute Gasteiger partial charge is 0.489 e. The van der Waals surface area contributed by atoms with Crippen LogP contribution in [0.15, 0.2) is 27.6 Å².